The molecule has 1 aromatic carbocycles. The van der Waals surface area contributed by atoms with E-state index in [2.05, 4.69) is 0 Å². The molecule has 72 valence electrons. The van der Waals surface area contributed by atoms with E-state index in [1.165, 1.54) is 0 Å². The van der Waals surface area contributed by atoms with Crippen LogP contribution in [0.2, 0.25) is 5.02 Å². The summed E-state index contributed by atoms with van der Waals surface area (Å²) in [5.41, 5.74) is -0.504. The topological polar surface area (TPSA) is 40.5 Å². The molecule has 0 spiro atoms. The molecule has 13 heavy (non-hydrogen) atoms. The fourth-order valence-electron chi connectivity index (χ4n) is 1.19. The SMILES string of the molecule is CCC(O)(CO)c1cccc(Cl)c1. The maximum atomic E-state index is 9.92. The van der Waals surface area contributed by atoms with E-state index in [9.17, 15) is 5.11 Å². The van der Waals surface area contributed by atoms with Gasteiger partial charge in [0.05, 0.1) is 6.61 Å². The number of benzene rings is 1. The smallest absolute Gasteiger partial charge is 0.112 e. The van der Waals surface area contributed by atoms with Gasteiger partial charge in [-0.15, -0.1) is 0 Å². The van der Waals surface area contributed by atoms with Crippen LogP contribution in [0, 0.1) is 0 Å². The van der Waals surface area contributed by atoms with Gasteiger partial charge in [0.1, 0.15) is 5.60 Å². The van der Waals surface area contributed by atoms with Crippen LogP contribution in [0.4, 0.5) is 0 Å². The minimum absolute atomic E-state index is 0.288. The van der Waals surface area contributed by atoms with Crippen LogP contribution >= 0.6 is 11.6 Å². The van der Waals surface area contributed by atoms with Crippen molar-refractivity contribution in [2.24, 2.45) is 0 Å². The number of hydrogen-bond acceptors (Lipinski definition) is 2. The van der Waals surface area contributed by atoms with Crippen molar-refractivity contribution in [3.05, 3.63) is 34.9 Å². The maximum Gasteiger partial charge on any atom is 0.112 e. The second kappa shape index (κ2) is 4.09. The van der Waals surface area contributed by atoms with Crippen molar-refractivity contribution in [1.82, 2.24) is 0 Å². The summed E-state index contributed by atoms with van der Waals surface area (Å²) in [4.78, 5) is 0. The van der Waals surface area contributed by atoms with E-state index in [1.807, 2.05) is 6.92 Å². The van der Waals surface area contributed by atoms with Gasteiger partial charge in [-0.05, 0) is 24.1 Å². The second-order valence-electron chi connectivity index (χ2n) is 3.05. The Balaban J connectivity index is 3.05. The number of aliphatic hydroxyl groups is 2. The molecule has 0 radical (unpaired) electrons. The highest BCUT2D eigenvalue weighted by molar-refractivity contribution is 6.30. The Hall–Kier alpha value is -0.570. The highest BCUT2D eigenvalue weighted by Crippen LogP contribution is 2.26. The van der Waals surface area contributed by atoms with Crippen LogP contribution in [0.1, 0.15) is 18.9 Å². The molecule has 0 amide bonds. The van der Waals surface area contributed by atoms with Crippen LogP contribution in [0.3, 0.4) is 0 Å². The summed E-state index contributed by atoms with van der Waals surface area (Å²) >= 11 is 5.77. The largest absolute Gasteiger partial charge is 0.393 e. The summed E-state index contributed by atoms with van der Waals surface area (Å²) in [6.07, 6.45) is 0.462. The average Bonchev–Trinajstić information content (AvgIpc) is 2.17. The molecule has 0 heterocycles. The van der Waals surface area contributed by atoms with E-state index in [0.29, 0.717) is 17.0 Å². The van der Waals surface area contributed by atoms with Gasteiger partial charge in [0.15, 0.2) is 0 Å². The van der Waals surface area contributed by atoms with Crippen LogP contribution in [0.25, 0.3) is 0 Å². The van der Waals surface area contributed by atoms with Crippen LogP contribution in [-0.4, -0.2) is 16.8 Å². The van der Waals surface area contributed by atoms with Crippen molar-refractivity contribution in [2.45, 2.75) is 18.9 Å². The van der Waals surface area contributed by atoms with Crippen molar-refractivity contribution >= 4 is 11.6 Å². The lowest BCUT2D eigenvalue weighted by atomic mass is 9.92. The molecule has 1 atom stereocenters. The van der Waals surface area contributed by atoms with Crippen molar-refractivity contribution < 1.29 is 10.2 Å². The molecule has 0 aliphatic rings. The third-order valence-electron chi connectivity index (χ3n) is 2.21. The molecule has 1 aromatic rings. The predicted octanol–water partition coefficient (Wildman–Crippen LogP) is 1.93. The van der Waals surface area contributed by atoms with Gasteiger partial charge >= 0.3 is 0 Å². The summed E-state index contributed by atoms with van der Waals surface area (Å²) in [7, 11) is 0. The molecule has 2 N–H and O–H groups in total. The first-order chi connectivity index (χ1) is 6.12. The van der Waals surface area contributed by atoms with E-state index in [-0.39, 0.29) is 6.61 Å². The summed E-state index contributed by atoms with van der Waals surface area (Å²) in [6, 6.07) is 6.92. The Morgan fingerprint density at radius 1 is 1.46 bits per heavy atom. The molecule has 0 aliphatic heterocycles. The number of halogens is 1. The van der Waals surface area contributed by atoms with E-state index in [4.69, 9.17) is 16.7 Å². The minimum Gasteiger partial charge on any atom is -0.393 e. The zero-order valence-corrected chi connectivity index (χ0v) is 8.25. The number of rotatable bonds is 3. The molecule has 1 unspecified atom stereocenters. The summed E-state index contributed by atoms with van der Waals surface area (Å²) in [5, 5.41) is 19.5. The summed E-state index contributed by atoms with van der Waals surface area (Å²) in [6.45, 7) is 1.53. The van der Waals surface area contributed by atoms with E-state index < -0.39 is 5.60 Å². The van der Waals surface area contributed by atoms with Crippen LogP contribution < -0.4 is 0 Å². The van der Waals surface area contributed by atoms with Gasteiger partial charge < -0.3 is 10.2 Å². The molecule has 0 aromatic heterocycles. The molecule has 2 nitrogen and oxygen atoms in total. The summed E-state index contributed by atoms with van der Waals surface area (Å²) < 4.78 is 0. The zero-order valence-electron chi connectivity index (χ0n) is 7.50. The van der Waals surface area contributed by atoms with Crippen molar-refractivity contribution in [2.75, 3.05) is 6.61 Å². The Labute approximate surface area is 82.8 Å². The number of aliphatic hydroxyl groups excluding tert-OH is 1. The van der Waals surface area contributed by atoms with Crippen LogP contribution in [0.5, 0.6) is 0 Å². The molecule has 1 rings (SSSR count). The Kier molecular flexibility index (Phi) is 3.31. The third kappa shape index (κ3) is 2.21. The molecule has 0 bridgehead atoms. The van der Waals surface area contributed by atoms with Gasteiger partial charge in [-0.3, -0.25) is 0 Å². The first-order valence-corrected chi connectivity index (χ1v) is 4.59. The third-order valence-corrected chi connectivity index (χ3v) is 2.44. The normalized spacial score (nSPS) is 15.4. The zero-order chi connectivity index (χ0) is 9.90. The van der Waals surface area contributed by atoms with Gasteiger partial charge in [0.2, 0.25) is 0 Å². The highest BCUT2D eigenvalue weighted by atomic mass is 35.5. The van der Waals surface area contributed by atoms with E-state index in [0.717, 1.165) is 0 Å². The van der Waals surface area contributed by atoms with Crippen molar-refractivity contribution in [3.8, 4) is 0 Å². The van der Waals surface area contributed by atoms with Gasteiger partial charge in [0.25, 0.3) is 0 Å². The Morgan fingerprint density at radius 3 is 2.62 bits per heavy atom. The molecular formula is C10H13ClO2. The molecule has 0 saturated heterocycles. The van der Waals surface area contributed by atoms with Gasteiger partial charge in [-0.1, -0.05) is 30.7 Å². The molecule has 0 fully saturated rings. The molecule has 0 saturated carbocycles. The lowest BCUT2D eigenvalue weighted by Crippen LogP contribution is -2.29. The Morgan fingerprint density at radius 2 is 2.15 bits per heavy atom. The fraction of sp³-hybridized carbons (Fsp3) is 0.400. The van der Waals surface area contributed by atoms with Crippen LogP contribution in [0.15, 0.2) is 24.3 Å². The first-order valence-electron chi connectivity index (χ1n) is 4.21. The summed E-state index contributed by atoms with van der Waals surface area (Å²) in [5.74, 6) is 0. The van der Waals surface area contributed by atoms with E-state index >= 15 is 0 Å². The maximum absolute atomic E-state index is 9.92. The molecule has 0 aliphatic carbocycles. The van der Waals surface area contributed by atoms with Gasteiger partial charge in [-0.2, -0.15) is 0 Å². The average molecular weight is 201 g/mol. The van der Waals surface area contributed by atoms with Gasteiger partial charge in [-0.25, -0.2) is 0 Å². The van der Waals surface area contributed by atoms with Gasteiger partial charge in [0, 0.05) is 5.02 Å². The standard InChI is InChI=1S/C10H13ClO2/c1-2-10(13,7-12)8-4-3-5-9(11)6-8/h3-6,12-13H,2,7H2,1H3. The predicted molar refractivity (Wildman–Crippen MR) is 52.7 cm³/mol. The fourth-order valence-corrected chi connectivity index (χ4v) is 1.38. The molecule has 3 heteroatoms. The number of hydrogen-bond donors (Lipinski definition) is 2. The van der Waals surface area contributed by atoms with Crippen molar-refractivity contribution in [1.29, 1.82) is 0 Å². The second-order valence-corrected chi connectivity index (χ2v) is 3.49. The highest BCUT2D eigenvalue weighted by Gasteiger charge is 2.25. The first kappa shape index (κ1) is 10.5. The quantitative estimate of drug-likeness (QED) is 0.783. The monoisotopic (exact) mass is 200 g/mol. The Bertz CT molecular complexity index is 282. The van der Waals surface area contributed by atoms with Crippen LogP contribution in [-0.2, 0) is 5.60 Å². The lowest BCUT2D eigenvalue weighted by Gasteiger charge is -2.24. The van der Waals surface area contributed by atoms with Crippen molar-refractivity contribution in [3.63, 3.8) is 0 Å². The lowest BCUT2D eigenvalue weighted by molar-refractivity contribution is -0.0222. The van der Waals surface area contributed by atoms with E-state index in [1.54, 1.807) is 24.3 Å². The minimum atomic E-state index is -1.16. The molecular weight excluding hydrogens is 188 g/mol.